The number of hydrogen-bond acceptors (Lipinski definition) is 2. The van der Waals surface area contributed by atoms with Crippen LogP contribution in [0.15, 0.2) is 16.6 Å². The van der Waals surface area contributed by atoms with Crippen molar-refractivity contribution in [2.24, 2.45) is 0 Å². The summed E-state index contributed by atoms with van der Waals surface area (Å²) in [4.78, 5) is 11.1. The second-order valence-corrected chi connectivity index (χ2v) is 3.49. The first kappa shape index (κ1) is 9.26. The fraction of sp³-hybridized carbons (Fsp3) is 0.222. The number of ketones is 1. The van der Waals surface area contributed by atoms with Crippen molar-refractivity contribution in [2.75, 3.05) is 5.73 Å². The number of nitrogen functional groups attached to an aromatic ring is 1. The SMILES string of the molecule is CC(=O)c1ccc(N)c(Br)c1C. The first-order valence-corrected chi connectivity index (χ1v) is 4.39. The third kappa shape index (κ3) is 1.50. The Hall–Kier alpha value is -0.830. The molecule has 2 N–H and O–H groups in total. The predicted octanol–water partition coefficient (Wildman–Crippen LogP) is 2.54. The summed E-state index contributed by atoms with van der Waals surface area (Å²) in [7, 11) is 0. The molecule has 12 heavy (non-hydrogen) atoms. The lowest BCUT2D eigenvalue weighted by Gasteiger charge is -2.06. The Balaban J connectivity index is 3.36. The number of carbonyl (C=O) groups is 1. The highest BCUT2D eigenvalue weighted by Gasteiger charge is 2.08. The minimum absolute atomic E-state index is 0.0631. The van der Waals surface area contributed by atoms with Gasteiger partial charge in [-0.1, -0.05) is 0 Å². The number of nitrogens with two attached hydrogens (primary N) is 1. The van der Waals surface area contributed by atoms with Crippen molar-refractivity contribution in [3.63, 3.8) is 0 Å². The topological polar surface area (TPSA) is 43.1 Å². The van der Waals surface area contributed by atoms with Gasteiger partial charge in [0, 0.05) is 15.7 Å². The predicted molar refractivity (Wildman–Crippen MR) is 53.3 cm³/mol. The normalized spacial score (nSPS) is 9.92. The molecule has 0 aliphatic heterocycles. The molecule has 0 saturated heterocycles. The van der Waals surface area contributed by atoms with Crippen LogP contribution in [0.2, 0.25) is 0 Å². The quantitative estimate of drug-likeness (QED) is 0.592. The molecule has 0 aromatic heterocycles. The maximum Gasteiger partial charge on any atom is 0.160 e. The Labute approximate surface area is 79.9 Å². The van der Waals surface area contributed by atoms with E-state index in [0.29, 0.717) is 5.69 Å². The van der Waals surface area contributed by atoms with Crippen LogP contribution in [-0.2, 0) is 0 Å². The third-order valence-corrected chi connectivity index (χ3v) is 2.85. The maximum absolute atomic E-state index is 11.1. The van der Waals surface area contributed by atoms with E-state index < -0.39 is 0 Å². The second kappa shape index (κ2) is 3.27. The van der Waals surface area contributed by atoms with Gasteiger partial charge in [0.15, 0.2) is 5.78 Å². The van der Waals surface area contributed by atoms with E-state index >= 15 is 0 Å². The zero-order chi connectivity index (χ0) is 9.30. The smallest absolute Gasteiger partial charge is 0.160 e. The number of benzene rings is 1. The van der Waals surface area contributed by atoms with Gasteiger partial charge in [0.25, 0.3) is 0 Å². The highest BCUT2D eigenvalue weighted by atomic mass is 79.9. The third-order valence-electron chi connectivity index (χ3n) is 1.80. The Morgan fingerprint density at radius 1 is 1.50 bits per heavy atom. The van der Waals surface area contributed by atoms with E-state index in [2.05, 4.69) is 15.9 Å². The van der Waals surface area contributed by atoms with Gasteiger partial charge in [-0.2, -0.15) is 0 Å². The van der Waals surface area contributed by atoms with Crippen molar-refractivity contribution in [1.29, 1.82) is 0 Å². The number of hydrogen-bond donors (Lipinski definition) is 1. The molecular weight excluding hydrogens is 218 g/mol. The molecule has 0 fully saturated rings. The number of anilines is 1. The van der Waals surface area contributed by atoms with Crippen molar-refractivity contribution in [2.45, 2.75) is 13.8 Å². The van der Waals surface area contributed by atoms with Crippen LogP contribution < -0.4 is 5.73 Å². The van der Waals surface area contributed by atoms with E-state index in [1.165, 1.54) is 0 Å². The molecule has 0 bridgehead atoms. The summed E-state index contributed by atoms with van der Waals surface area (Å²) in [6, 6.07) is 3.48. The average Bonchev–Trinajstić information content (AvgIpc) is 2.00. The standard InChI is InChI=1S/C9H10BrNO/c1-5-7(6(2)12)3-4-8(11)9(5)10/h3-4H,11H2,1-2H3. The van der Waals surface area contributed by atoms with Crippen LogP contribution in [0.25, 0.3) is 0 Å². The van der Waals surface area contributed by atoms with Gasteiger partial charge < -0.3 is 5.73 Å². The van der Waals surface area contributed by atoms with Crippen LogP contribution in [-0.4, -0.2) is 5.78 Å². The van der Waals surface area contributed by atoms with E-state index in [1.54, 1.807) is 19.1 Å². The van der Waals surface area contributed by atoms with Gasteiger partial charge in [0.2, 0.25) is 0 Å². The molecule has 1 aromatic rings. The van der Waals surface area contributed by atoms with E-state index in [1.807, 2.05) is 6.92 Å². The van der Waals surface area contributed by atoms with E-state index in [9.17, 15) is 4.79 Å². The zero-order valence-corrected chi connectivity index (χ0v) is 8.60. The molecule has 0 saturated carbocycles. The molecule has 0 aliphatic carbocycles. The van der Waals surface area contributed by atoms with Gasteiger partial charge in [0.05, 0.1) is 0 Å². The van der Waals surface area contributed by atoms with Crippen molar-refractivity contribution in [1.82, 2.24) is 0 Å². The van der Waals surface area contributed by atoms with E-state index in [-0.39, 0.29) is 5.78 Å². The van der Waals surface area contributed by atoms with Crippen molar-refractivity contribution in [3.8, 4) is 0 Å². The molecular formula is C9H10BrNO. The maximum atomic E-state index is 11.1. The van der Waals surface area contributed by atoms with E-state index in [0.717, 1.165) is 15.6 Å². The molecule has 0 aliphatic rings. The second-order valence-electron chi connectivity index (χ2n) is 2.70. The number of Topliss-reactive ketones (excluding diaryl/α,β-unsaturated/α-hetero) is 1. The van der Waals surface area contributed by atoms with Gasteiger partial charge in [-0.25, -0.2) is 0 Å². The molecule has 0 spiro atoms. The first-order chi connectivity index (χ1) is 5.54. The van der Waals surface area contributed by atoms with Crippen molar-refractivity contribution < 1.29 is 4.79 Å². The molecule has 0 amide bonds. The largest absolute Gasteiger partial charge is 0.398 e. The molecule has 2 nitrogen and oxygen atoms in total. The van der Waals surface area contributed by atoms with Crippen LogP contribution in [0.1, 0.15) is 22.8 Å². The summed E-state index contributed by atoms with van der Waals surface area (Å²) in [5.74, 6) is 0.0631. The summed E-state index contributed by atoms with van der Waals surface area (Å²) >= 11 is 3.32. The van der Waals surface area contributed by atoms with Gasteiger partial charge in [-0.05, 0) is 47.5 Å². The lowest BCUT2D eigenvalue weighted by molar-refractivity contribution is 0.101. The lowest BCUT2D eigenvalue weighted by atomic mass is 10.1. The summed E-state index contributed by atoms with van der Waals surface area (Å²) in [6.07, 6.45) is 0. The molecule has 0 radical (unpaired) electrons. The minimum Gasteiger partial charge on any atom is -0.398 e. The van der Waals surface area contributed by atoms with Crippen molar-refractivity contribution in [3.05, 3.63) is 27.7 Å². The van der Waals surface area contributed by atoms with Crippen molar-refractivity contribution >= 4 is 27.4 Å². The lowest BCUT2D eigenvalue weighted by Crippen LogP contribution is -1.99. The Morgan fingerprint density at radius 3 is 2.58 bits per heavy atom. The molecule has 3 heteroatoms. The fourth-order valence-electron chi connectivity index (χ4n) is 1.09. The Bertz CT molecular complexity index is 334. The average molecular weight is 228 g/mol. The van der Waals surface area contributed by atoms with Gasteiger partial charge in [0.1, 0.15) is 0 Å². The van der Waals surface area contributed by atoms with Crippen LogP contribution in [0.4, 0.5) is 5.69 Å². The summed E-state index contributed by atoms with van der Waals surface area (Å²) in [6.45, 7) is 3.42. The van der Waals surface area contributed by atoms with Gasteiger partial charge >= 0.3 is 0 Å². The Kier molecular flexibility index (Phi) is 2.52. The van der Waals surface area contributed by atoms with Crippen LogP contribution in [0.3, 0.4) is 0 Å². The molecule has 1 rings (SSSR count). The highest BCUT2D eigenvalue weighted by Crippen LogP contribution is 2.26. The summed E-state index contributed by atoms with van der Waals surface area (Å²) in [5.41, 5.74) is 7.92. The van der Waals surface area contributed by atoms with Crippen LogP contribution >= 0.6 is 15.9 Å². The fourth-order valence-corrected chi connectivity index (χ4v) is 1.43. The first-order valence-electron chi connectivity index (χ1n) is 3.59. The Morgan fingerprint density at radius 2 is 2.08 bits per heavy atom. The number of rotatable bonds is 1. The zero-order valence-electron chi connectivity index (χ0n) is 7.02. The van der Waals surface area contributed by atoms with Gasteiger partial charge in [-0.3, -0.25) is 4.79 Å². The summed E-state index contributed by atoms with van der Waals surface area (Å²) < 4.78 is 0.815. The molecule has 64 valence electrons. The molecule has 1 aromatic carbocycles. The number of halogens is 1. The number of carbonyl (C=O) groups excluding carboxylic acids is 1. The molecule has 0 heterocycles. The highest BCUT2D eigenvalue weighted by molar-refractivity contribution is 9.10. The minimum atomic E-state index is 0.0631. The van der Waals surface area contributed by atoms with Crippen LogP contribution in [0.5, 0.6) is 0 Å². The van der Waals surface area contributed by atoms with Gasteiger partial charge in [-0.15, -0.1) is 0 Å². The summed E-state index contributed by atoms with van der Waals surface area (Å²) in [5, 5.41) is 0. The molecule has 0 unspecified atom stereocenters. The monoisotopic (exact) mass is 227 g/mol. The molecule has 0 atom stereocenters. The van der Waals surface area contributed by atoms with Crippen LogP contribution in [0, 0.1) is 6.92 Å². The van der Waals surface area contributed by atoms with E-state index in [4.69, 9.17) is 5.73 Å².